The summed E-state index contributed by atoms with van der Waals surface area (Å²) in [5.74, 6) is -1.67. The number of fused-ring (bicyclic) bond motifs is 5. The van der Waals surface area contributed by atoms with Crippen molar-refractivity contribution in [2.45, 2.75) is 51.1 Å². The smallest absolute Gasteiger partial charge is 0.407 e. The summed E-state index contributed by atoms with van der Waals surface area (Å²) in [4.78, 5) is 37.6. The largest absolute Gasteiger partial charge is 0.480 e. The lowest BCUT2D eigenvalue weighted by molar-refractivity contribution is -0.144. The van der Waals surface area contributed by atoms with Crippen molar-refractivity contribution in [3.63, 3.8) is 0 Å². The molecule has 4 unspecified atom stereocenters. The zero-order valence-electron chi connectivity index (χ0n) is 20.1. The molecule has 5 rings (SSSR count). The van der Waals surface area contributed by atoms with E-state index < -0.39 is 24.0 Å². The maximum absolute atomic E-state index is 13.1. The molecule has 0 aliphatic heterocycles. The van der Waals surface area contributed by atoms with E-state index in [0.29, 0.717) is 0 Å². The Morgan fingerprint density at radius 1 is 0.971 bits per heavy atom. The highest BCUT2D eigenvalue weighted by atomic mass is 16.5. The van der Waals surface area contributed by atoms with Gasteiger partial charge in [-0.15, -0.1) is 0 Å². The number of nitrogens with one attached hydrogen (secondary N) is 2. The molecule has 184 valence electrons. The zero-order chi connectivity index (χ0) is 24.7. The second-order valence-corrected chi connectivity index (χ2v) is 10.4. The van der Waals surface area contributed by atoms with E-state index in [0.717, 1.165) is 30.4 Å². The van der Waals surface area contributed by atoms with Crippen LogP contribution < -0.4 is 10.6 Å². The van der Waals surface area contributed by atoms with E-state index in [4.69, 9.17) is 4.74 Å². The van der Waals surface area contributed by atoms with E-state index in [1.165, 1.54) is 11.1 Å². The van der Waals surface area contributed by atoms with Gasteiger partial charge in [0.05, 0.1) is 5.92 Å². The van der Waals surface area contributed by atoms with Crippen molar-refractivity contribution in [3.8, 4) is 11.1 Å². The minimum atomic E-state index is -1.04. The summed E-state index contributed by atoms with van der Waals surface area (Å²) in [6, 6.07) is 15.1. The fourth-order valence-corrected chi connectivity index (χ4v) is 6.42. The number of hydrogen-bond donors (Lipinski definition) is 3. The van der Waals surface area contributed by atoms with Crippen molar-refractivity contribution in [1.29, 1.82) is 0 Å². The number of carbonyl (C=O) groups excluding carboxylic acids is 2. The number of rotatable bonds is 7. The van der Waals surface area contributed by atoms with Gasteiger partial charge in [-0.25, -0.2) is 9.59 Å². The summed E-state index contributed by atoms with van der Waals surface area (Å²) in [7, 11) is 0. The third-order valence-corrected chi connectivity index (χ3v) is 8.08. The molecule has 5 atom stereocenters. The van der Waals surface area contributed by atoms with Gasteiger partial charge in [-0.3, -0.25) is 4.79 Å². The summed E-state index contributed by atoms with van der Waals surface area (Å²) >= 11 is 0. The molecule has 7 nitrogen and oxygen atoms in total. The molecule has 3 aliphatic rings. The van der Waals surface area contributed by atoms with Gasteiger partial charge in [0.15, 0.2) is 0 Å². The third kappa shape index (κ3) is 4.28. The normalized spacial score (nSPS) is 25.1. The molecule has 0 heterocycles. The van der Waals surface area contributed by atoms with Crippen LogP contribution in [0, 0.1) is 23.7 Å². The lowest BCUT2D eigenvalue weighted by Crippen LogP contribution is -2.54. The Morgan fingerprint density at radius 2 is 1.57 bits per heavy atom. The molecule has 0 aromatic heterocycles. The quantitative estimate of drug-likeness (QED) is 0.557. The van der Waals surface area contributed by atoms with Gasteiger partial charge >= 0.3 is 12.1 Å². The average Bonchev–Trinajstić information content (AvgIpc) is 3.53. The number of carboxylic acid groups (broad SMARTS) is 1. The molecule has 0 saturated heterocycles. The van der Waals surface area contributed by atoms with Crippen LogP contribution in [0.2, 0.25) is 0 Å². The van der Waals surface area contributed by atoms with Crippen molar-refractivity contribution in [2.75, 3.05) is 6.61 Å². The number of alkyl carbamates (subject to hydrolysis) is 1. The van der Waals surface area contributed by atoms with Crippen molar-refractivity contribution >= 4 is 18.0 Å². The van der Waals surface area contributed by atoms with Crippen LogP contribution in [0.5, 0.6) is 0 Å². The van der Waals surface area contributed by atoms with Gasteiger partial charge in [0, 0.05) is 12.0 Å². The molecule has 3 N–H and O–H groups in total. The first-order chi connectivity index (χ1) is 16.8. The second kappa shape index (κ2) is 9.36. The van der Waals surface area contributed by atoms with E-state index in [2.05, 4.69) is 34.9 Å². The molecular weight excluding hydrogens is 444 g/mol. The fourth-order valence-electron chi connectivity index (χ4n) is 6.42. The Morgan fingerprint density at radius 3 is 2.17 bits per heavy atom. The summed E-state index contributed by atoms with van der Waals surface area (Å²) in [6.45, 7) is 3.75. The summed E-state index contributed by atoms with van der Waals surface area (Å²) in [6.07, 6.45) is 2.22. The first-order valence-electron chi connectivity index (χ1n) is 12.5. The lowest BCUT2D eigenvalue weighted by Gasteiger charge is -2.32. The minimum absolute atomic E-state index is 0.0327. The molecule has 2 bridgehead atoms. The maximum Gasteiger partial charge on any atom is 0.407 e. The van der Waals surface area contributed by atoms with Gasteiger partial charge in [-0.2, -0.15) is 0 Å². The van der Waals surface area contributed by atoms with Gasteiger partial charge in [-0.1, -0.05) is 62.4 Å². The van der Waals surface area contributed by atoms with Gasteiger partial charge in [-0.05, 0) is 59.3 Å². The Labute approximate surface area is 205 Å². The van der Waals surface area contributed by atoms with Crippen molar-refractivity contribution in [3.05, 3.63) is 59.7 Å². The van der Waals surface area contributed by atoms with Crippen LogP contribution in [0.4, 0.5) is 4.79 Å². The van der Waals surface area contributed by atoms with Crippen LogP contribution >= 0.6 is 0 Å². The predicted molar refractivity (Wildman–Crippen MR) is 131 cm³/mol. The zero-order valence-corrected chi connectivity index (χ0v) is 20.1. The molecule has 2 fully saturated rings. The van der Waals surface area contributed by atoms with Crippen molar-refractivity contribution < 1.29 is 24.2 Å². The van der Waals surface area contributed by atoms with Gasteiger partial charge in [0.1, 0.15) is 12.6 Å². The molecule has 0 radical (unpaired) electrons. The Bertz CT molecular complexity index is 1100. The van der Waals surface area contributed by atoms with E-state index in [1.807, 2.05) is 24.3 Å². The van der Waals surface area contributed by atoms with Crippen LogP contribution in [0.25, 0.3) is 11.1 Å². The number of hydrogen-bond acceptors (Lipinski definition) is 4. The lowest BCUT2D eigenvalue weighted by atomic mass is 9.83. The molecule has 3 aliphatic carbocycles. The third-order valence-electron chi connectivity index (χ3n) is 8.08. The molecule has 2 aromatic rings. The summed E-state index contributed by atoms with van der Waals surface area (Å²) in [5.41, 5.74) is 4.62. The van der Waals surface area contributed by atoms with Crippen LogP contribution in [0.1, 0.15) is 50.2 Å². The standard InChI is InChI=1S/C28H32N2O5/c1-15(2)24(27(32)33)29-26(31)23-16-11-12-17(13-16)25(23)30-28(34)35-14-22-20-9-5-3-7-18(20)19-8-4-6-10-21(19)22/h3-10,15-17,22-25H,11-14H2,1-2H3,(H,29,31)(H,30,34)(H,32,33)/t16?,17?,23?,24-,25?/m0/s1. The first-order valence-corrected chi connectivity index (χ1v) is 12.5. The SMILES string of the molecule is CC(C)[C@H](NC(=O)C1C2CCC(C2)C1NC(=O)OCC1c2ccccc2-c2ccccc21)C(=O)O. The summed E-state index contributed by atoms with van der Waals surface area (Å²) < 4.78 is 5.72. The Hall–Kier alpha value is -3.35. The van der Waals surface area contributed by atoms with Crippen LogP contribution in [0.15, 0.2) is 48.5 Å². The maximum atomic E-state index is 13.1. The Kier molecular flexibility index (Phi) is 6.26. The number of carbonyl (C=O) groups is 3. The highest BCUT2D eigenvalue weighted by Gasteiger charge is 2.52. The van der Waals surface area contributed by atoms with Crippen molar-refractivity contribution in [1.82, 2.24) is 10.6 Å². The van der Waals surface area contributed by atoms with E-state index >= 15 is 0 Å². The van der Waals surface area contributed by atoms with Crippen LogP contribution in [0.3, 0.4) is 0 Å². The molecule has 2 amide bonds. The first kappa shape index (κ1) is 23.4. The minimum Gasteiger partial charge on any atom is -0.480 e. The van der Waals surface area contributed by atoms with E-state index in [9.17, 15) is 19.5 Å². The molecular formula is C28H32N2O5. The molecule has 2 aromatic carbocycles. The van der Waals surface area contributed by atoms with Gasteiger partial charge in [0.25, 0.3) is 0 Å². The number of amides is 2. The average molecular weight is 477 g/mol. The monoisotopic (exact) mass is 476 g/mol. The topological polar surface area (TPSA) is 105 Å². The molecule has 0 spiro atoms. The number of benzene rings is 2. The van der Waals surface area contributed by atoms with Gasteiger partial charge < -0.3 is 20.5 Å². The second-order valence-electron chi connectivity index (χ2n) is 10.4. The fraction of sp³-hybridized carbons (Fsp3) is 0.464. The molecule has 2 saturated carbocycles. The predicted octanol–water partition coefficient (Wildman–Crippen LogP) is 4.17. The molecule has 7 heteroatoms. The Balaban J connectivity index is 1.26. The number of ether oxygens (including phenoxy) is 1. The summed E-state index contributed by atoms with van der Waals surface area (Å²) in [5, 5.41) is 15.2. The van der Waals surface area contributed by atoms with Gasteiger partial charge in [0.2, 0.25) is 5.91 Å². The van der Waals surface area contributed by atoms with E-state index in [-0.39, 0.29) is 42.2 Å². The highest BCUT2D eigenvalue weighted by molar-refractivity contribution is 5.86. The van der Waals surface area contributed by atoms with Crippen LogP contribution in [-0.4, -0.2) is 41.8 Å². The van der Waals surface area contributed by atoms with E-state index in [1.54, 1.807) is 13.8 Å². The number of carboxylic acids is 1. The molecule has 35 heavy (non-hydrogen) atoms. The number of aliphatic carboxylic acids is 1. The van der Waals surface area contributed by atoms with Crippen molar-refractivity contribution in [2.24, 2.45) is 23.7 Å². The van der Waals surface area contributed by atoms with Crippen LogP contribution in [-0.2, 0) is 14.3 Å². The highest BCUT2D eigenvalue weighted by Crippen LogP contribution is 2.49.